The number of nitrogens with zero attached hydrogens (tertiary/aromatic N) is 2. The number of hydrogen-bond donors (Lipinski definition) is 1. The predicted molar refractivity (Wildman–Crippen MR) is 62.3 cm³/mol. The lowest BCUT2D eigenvalue weighted by atomic mass is 10.0. The van der Waals surface area contributed by atoms with E-state index in [9.17, 15) is 13.2 Å². The summed E-state index contributed by atoms with van der Waals surface area (Å²) in [5.41, 5.74) is 0. The molecule has 1 N–H and O–H groups in total. The molecule has 0 radical (unpaired) electrons. The van der Waals surface area contributed by atoms with E-state index in [1.165, 1.54) is 11.4 Å². The second-order valence-electron chi connectivity index (χ2n) is 4.00. The van der Waals surface area contributed by atoms with Crippen molar-refractivity contribution in [2.24, 2.45) is 5.92 Å². The molecule has 6 nitrogen and oxygen atoms in total. The van der Waals surface area contributed by atoms with Crippen molar-refractivity contribution in [2.45, 2.75) is 12.8 Å². The van der Waals surface area contributed by atoms with Gasteiger partial charge in [-0.05, 0) is 12.8 Å². The van der Waals surface area contributed by atoms with Gasteiger partial charge in [0.1, 0.15) is 0 Å². The van der Waals surface area contributed by atoms with Crippen molar-refractivity contribution in [3.05, 3.63) is 0 Å². The van der Waals surface area contributed by atoms with E-state index < -0.39 is 22.1 Å². The van der Waals surface area contributed by atoms with E-state index in [1.807, 2.05) is 0 Å². The maximum Gasteiger partial charge on any atom is 0.307 e. The molecule has 0 aromatic carbocycles. The summed E-state index contributed by atoms with van der Waals surface area (Å²) < 4.78 is 26.3. The topological polar surface area (TPSA) is 77.9 Å². The molecule has 1 rings (SSSR count). The second-order valence-corrected chi connectivity index (χ2v) is 6.04. The first-order valence-electron chi connectivity index (χ1n) is 5.27. The first-order chi connectivity index (χ1) is 7.89. The highest BCUT2D eigenvalue weighted by atomic mass is 32.2. The zero-order valence-electron chi connectivity index (χ0n) is 9.66. The minimum absolute atomic E-state index is 0.0173. The second kappa shape index (κ2) is 5.49. The van der Waals surface area contributed by atoms with Crippen LogP contribution in [-0.2, 0) is 15.0 Å². The molecule has 1 unspecified atom stereocenters. The summed E-state index contributed by atoms with van der Waals surface area (Å²) in [7, 11) is -2.24. The lowest BCUT2D eigenvalue weighted by Crippen LogP contribution is -2.48. The number of carbonyl (C=O) groups is 1. The fourth-order valence-corrected chi connectivity index (χ4v) is 3.12. The first-order valence-corrected chi connectivity index (χ1v) is 6.67. The molecule has 7 heteroatoms. The molecule has 0 aromatic rings. The maximum atomic E-state index is 12.0. The Morgan fingerprint density at radius 1 is 1.65 bits per heavy atom. The van der Waals surface area contributed by atoms with Gasteiger partial charge in [-0.3, -0.25) is 4.79 Å². The van der Waals surface area contributed by atoms with Gasteiger partial charge in [0.15, 0.2) is 0 Å². The van der Waals surface area contributed by atoms with Gasteiger partial charge in [-0.25, -0.2) is 0 Å². The van der Waals surface area contributed by atoms with Crippen LogP contribution in [0.1, 0.15) is 12.8 Å². The molecular formula is C10H16N2O4S. The van der Waals surface area contributed by atoms with E-state index in [-0.39, 0.29) is 13.1 Å². The summed E-state index contributed by atoms with van der Waals surface area (Å²) in [6, 6.07) is 0. The van der Waals surface area contributed by atoms with Crippen LogP contribution in [0.3, 0.4) is 0 Å². The van der Waals surface area contributed by atoms with E-state index in [0.717, 1.165) is 4.31 Å². The van der Waals surface area contributed by atoms with Crippen LogP contribution in [0.2, 0.25) is 0 Å². The molecule has 0 aliphatic carbocycles. The quantitative estimate of drug-likeness (QED) is 0.697. The number of terminal acetylenes is 1. The Bertz CT molecular complexity index is 426. The SMILES string of the molecule is C#CCN(C)S(=O)(=O)N1CCCC(C(=O)O)C1. The van der Waals surface area contributed by atoms with Gasteiger partial charge in [0.05, 0.1) is 12.5 Å². The minimum atomic E-state index is -3.63. The largest absolute Gasteiger partial charge is 0.481 e. The van der Waals surface area contributed by atoms with Crippen LogP contribution in [0, 0.1) is 18.3 Å². The van der Waals surface area contributed by atoms with Crippen molar-refractivity contribution < 1.29 is 18.3 Å². The molecule has 17 heavy (non-hydrogen) atoms. The third-order valence-electron chi connectivity index (χ3n) is 2.77. The highest BCUT2D eigenvalue weighted by molar-refractivity contribution is 7.86. The Morgan fingerprint density at radius 2 is 2.29 bits per heavy atom. The van der Waals surface area contributed by atoms with Gasteiger partial charge in [0, 0.05) is 20.1 Å². The van der Waals surface area contributed by atoms with Gasteiger partial charge in [-0.2, -0.15) is 17.0 Å². The summed E-state index contributed by atoms with van der Waals surface area (Å²) >= 11 is 0. The van der Waals surface area contributed by atoms with Gasteiger partial charge in [0.2, 0.25) is 0 Å². The van der Waals surface area contributed by atoms with Crippen LogP contribution in [0.4, 0.5) is 0 Å². The Kier molecular flexibility index (Phi) is 4.51. The van der Waals surface area contributed by atoms with E-state index >= 15 is 0 Å². The average Bonchev–Trinajstić information content (AvgIpc) is 2.29. The zero-order valence-corrected chi connectivity index (χ0v) is 10.5. The summed E-state index contributed by atoms with van der Waals surface area (Å²) in [4.78, 5) is 10.9. The van der Waals surface area contributed by atoms with E-state index in [4.69, 9.17) is 11.5 Å². The Balaban J connectivity index is 2.79. The highest BCUT2D eigenvalue weighted by Crippen LogP contribution is 2.20. The summed E-state index contributed by atoms with van der Waals surface area (Å²) in [5.74, 6) is 0.669. The third kappa shape index (κ3) is 3.19. The molecule has 0 spiro atoms. The summed E-state index contributed by atoms with van der Waals surface area (Å²) in [6.07, 6.45) is 6.13. The molecule has 1 atom stereocenters. The molecule has 1 aliphatic heterocycles. The Morgan fingerprint density at radius 3 is 2.82 bits per heavy atom. The van der Waals surface area contributed by atoms with Gasteiger partial charge in [-0.1, -0.05) is 5.92 Å². The van der Waals surface area contributed by atoms with E-state index in [1.54, 1.807) is 0 Å². The highest BCUT2D eigenvalue weighted by Gasteiger charge is 2.34. The van der Waals surface area contributed by atoms with Gasteiger partial charge in [-0.15, -0.1) is 6.42 Å². The minimum Gasteiger partial charge on any atom is -0.481 e. The maximum absolute atomic E-state index is 12.0. The third-order valence-corrected chi connectivity index (χ3v) is 4.67. The molecule has 0 aromatic heterocycles. The number of piperidine rings is 1. The fraction of sp³-hybridized carbons (Fsp3) is 0.700. The van der Waals surface area contributed by atoms with Crippen molar-refractivity contribution in [1.29, 1.82) is 0 Å². The van der Waals surface area contributed by atoms with Crippen LogP contribution in [-0.4, -0.2) is 54.8 Å². The molecule has 1 saturated heterocycles. The van der Waals surface area contributed by atoms with Crippen LogP contribution in [0.5, 0.6) is 0 Å². The van der Waals surface area contributed by atoms with E-state index in [2.05, 4.69) is 5.92 Å². The zero-order chi connectivity index (χ0) is 13.1. The lowest BCUT2D eigenvalue weighted by molar-refractivity contribution is -0.142. The molecule has 96 valence electrons. The number of carboxylic acid groups (broad SMARTS) is 1. The van der Waals surface area contributed by atoms with Crippen LogP contribution >= 0.6 is 0 Å². The molecule has 1 heterocycles. The molecule has 1 fully saturated rings. The molecule has 0 saturated carbocycles. The van der Waals surface area contributed by atoms with Crippen molar-refractivity contribution in [2.75, 3.05) is 26.7 Å². The first kappa shape index (κ1) is 14.0. The molecule has 0 bridgehead atoms. The Labute approximate surface area is 101 Å². The van der Waals surface area contributed by atoms with Crippen molar-refractivity contribution in [3.63, 3.8) is 0 Å². The van der Waals surface area contributed by atoms with E-state index in [0.29, 0.717) is 19.4 Å². The summed E-state index contributed by atoms with van der Waals surface area (Å²) in [6.45, 7) is 0.351. The van der Waals surface area contributed by atoms with Crippen molar-refractivity contribution >= 4 is 16.2 Å². The van der Waals surface area contributed by atoms with Crippen LogP contribution in [0.15, 0.2) is 0 Å². The van der Waals surface area contributed by atoms with Crippen LogP contribution < -0.4 is 0 Å². The van der Waals surface area contributed by atoms with Gasteiger partial charge in [0.25, 0.3) is 10.2 Å². The number of carboxylic acids is 1. The number of hydrogen-bond acceptors (Lipinski definition) is 3. The monoisotopic (exact) mass is 260 g/mol. The van der Waals surface area contributed by atoms with Crippen molar-refractivity contribution in [3.8, 4) is 12.3 Å². The average molecular weight is 260 g/mol. The fourth-order valence-electron chi connectivity index (χ4n) is 1.76. The smallest absolute Gasteiger partial charge is 0.307 e. The lowest BCUT2D eigenvalue weighted by Gasteiger charge is -2.32. The summed E-state index contributed by atoms with van der Waals surface area (Å²) in [5, 5.41) is 8.90. The Hall–Kier alpha value is -1.10. The normalized spacial score (nSPS) is 22.3. The van der Waals surface area contributed by atoms with Gasteiger partial charge < -0.3 is 5.11 Å². The molecular weight excluding hydrogens is 244 g/mol. The number of aliphatic carboxylic acids is 1. The standard InChI is InChI=1S/C10H16N2O4S/c1-3-6-11(2)17(15,16)12-7-4-5-9(8-12)10(13)14/h1,9H,4-8H2,2H3,(H,13,14). The molecule has 0 amide bonds. The van der Waals surface area contributed by atoms with Crippen molar-refractivity contribution in [1.82, 2.24) is 8.61 Å². The molecule has 1 aliphatic rings. The van der Waals surface area contributed by atoms with Crippen LogP contribution in [0.25, 0.3) is 0 Å². The number of rotatable bonds is 4. The predicted octanol–water partition coefficient (Wildman–Crippen LogP) is -0.407. The van der Waals surface area contributed by atoms with Gasteiger partial charge >= 0.3 is 5.97 Å².